The van der Waals surface area contributed by atoms with E-state index in [-0.39, 0.29) is 5.82 Å². The van der Waals surface area contributed by atoms with Gasteiger partial charge in [-0.2, -0.15) is 0 Å². The van der Waals surface area contributed by atoms with Gasteiger partial charge >= 0.3 is 0 Å². The zero-order valence-electron chi connectivity index (χ0n) is 8.97. The summed E-state index contributed by atoms with van der Waals surface area (Å²) in [5, 5.41) is 0. The highest BCUT2D eigenvalue weighted by Gasteiger charge is 2.01. The third-order valence-corrected chi connectivity index (χ3v) is 2.05. The topological polar surface area (TPSA) is 0 Å². The summed E-state index contributed by atoms with van der Waals surface area (Å²) in [5.74, 6) is 0.382. The summed E-state index contributed by atoms with van der Waals surface area (Å²) in [6, 6.07) is 6.73. The predicted octanol–water partition coefficient (Wildman–Crippen LogP) is 4.37. The molecule has 0 aliphatic heterocycles. The van der Waals surface area contributed by atoms with Gasteiger partial charge in [0.05, 0.1) is 0 Å². The molecule has 1 unspecified atom stereocenters. The molecular formula is C12H19F. The molecule has 0 N–H and O–H groups in total. The Morgan fingerprint density at radius 1 is 1.15 bits per heavy atom. The molecule has 1 aromatic carbocycles. The van der Waals surface area contributed by atoms with Crippen molar-refractivity contribution in [1.29, 1.82) is 0 Å². The monoisotopic (exact) mass is 182 g/mol. The van der Waals surface area contributed by atoms with Crippen LogP contribution in [0.5, 0.6) is 0 Å². The predicted molar refractivity (Wildman–Crippen MR) is 56.5 cm³/mol. The minimum atomic E-state index is -0.156. The molecule has 0 spiro atoms. The Kier molecular flexibility index (Phi) is 6.21. The van der Waals surface area contributed by atoms with Gasteiger partial charge < -0.3 is 0 Å². The molecule has 0 aliphatic carbocycles. The largest absolute Gasteiger partial charge is 0.207 e. The maximum atomic E-state index is 12.5. The van der Waals surface area contributed by atoms with Crippen molar-refractivity contribution in [2.75, 3.05) is 0 Å². The zero-order chi connectivity index (χ0) is 10.3. The van der Waals surface area contributed by atoms with Gasteiger partial charge in [-0.1, -0.05) is 39.8 Å². The van der Waals surface area contributed by atoms with Crippen LogP contribution < -0.4 is 0 Å². The number of halogens is 1. The Bertz CT molecular complexity index is 213. The molecule has 1 heteroatoms. The molecule has 0 nitrogen and oxygen atoms in total. The van der Waals surface area contributed by atoms with Crippen molar-refractivity contribution in [2.24, 2.45) is 0 Å². The quantitative estimate of drug-likeness (QED) is 0.637. The molecule has 0 bridgehead atoms. The van der Waals surface area contributed by atoms with Crippen LogP contribution >= 0.6 is 0 Å². The summed E-state index contributed by atoms with van der Waals surface area (Å²) in [4.78, 5) is 0. The van der Waals surface area contributed by atoms with Crippen molar-refractivity contribution in [2.45, 2.75) is 40.0 Å². The Hall–Kier alpha value is -0.850. The van der Waals surface area contributed by atoms with E-state index < -0.39 is 0 Å². The third-order valence-electron chi connectivity index (χ3n) is 2.05. The van der Waals surface area contributed by atoms with Gasteiger partial charge in [-0.3, -0.25) is 0 Å². The van der Waals surface area contributed by atoms with E-state index in [4.69, 9.17) is 0 Å². The fraction of sp³-hybridized carbons (Fsp3) is 0.500. The smallest absolute Gasteiger partial charge is 0.123 e. The second-order valence-electron chi connectivity index (χ2n) is 2.86. The number of rotatable bonds is 2. The lowest BCUT2D eigenvalue weighted by molar-refractivity contribution is 0.625. The van der Waals surface area contributed by atoms with Crippen molar-refractivity contribution >= 4 is 0 Å². The van der Waals surface area contributed by atoms with E-state index in [0.29, 0.717) is 5.92 Å². The average molecular weight is 182 g/mol. The molecule has 0 saturated heterocycles. The fourth-order valence-corrected chi connectivity index (χ4v) is 1.03. The van der Waals surface area contributed by atoms with Crippen LogP contribution in [0, 0.1) is 5.82 Å². The first kappa shape index (κ1) is 12.2. The minimum Gasteiger partial charge on any atom is -0.207 e. The molecule has 13 heavy (non-hydrogen) atoms. The Morgan fingerprint density at radius 2 is 1.62 bits per heavy atom. The lowest BCUT2D eigenvalue weighted by Gasteiger charge is -2.07. The zero-order valence-corrected chi connectivity index (χ0v) is 8.97. The molecule has 0 radical (unpaired) electrons. The Morgan fingerprint density at radius 3 is 2.00 bits per heavy atom. The lowest BCUT2D eigenvalue weighted by Crippen LogP contribution is -1.90. The summed E-state index contributed by atoms with van der Waals surface area (Å²) in [7, 11) is 0. The van der Waals surface area contributed by atoms with Crippen LogP contribution in [0.2, 0.25) is 0 Å². The normalized spacial score (nSPS) is 11.5. The van der Waals surface area contributed by atoms with E-state index in [2.05, 4.69) is 13.8 Å². The lowest BCUT2D eigenvalue weighted by atomic mass is 9.99. The summed E-state index contributed by atoms with van der Waals surface area (Å²) >= 11 is 0. The molecule has 0 heterocycles. The highest BCUT2D eigenvalue weighted by molar-refractivity contribution is 5.19. The van der Waals surface area contributed by atoms with Crippen molar-refractivity contribution in [1.82, 2.24) is 0 Å². The van der Waals surface area contributed by atoms with Crippen molar-refractivity contribution in [3.8, 4) is 0 Å². The molecule has 0 aliphatic rings. The summed E-state index contributed by atoms with van der Waals surface area (Å²) in [5.41, 5.74) is 1.22. The van der Waals surface area contributed by atoms with Crippen LogP contribution in [-0.2, 0) is 0 Å². The third kappa shape index (κ3) is 4.07. The van der Waals surface area contributed by atoms with Crippen LogP contribution in [0.25, 0.3) is 0 Å². The second-order valence-corrected chi connectivity index (χ2v) is 2.86. The van der Waals surface area contributed by atoms with Gasteiger partial charge in [0.15, 0.2) is 0 Å². The highest BCUT2D eigenvalue weighted by atomic mass is 19.1. The number of hydrogen-bond acceptors (Lipinski definition) is 0. The van der Waals surface area contributed by atoms with Gasteiger partial charge in [-0.25, -0.2) is 4.39 Å². The van der Waals surface area contributed by atoms with Gasteiger partial charge in [0.2, 0.25) is 0 Å². The van der Waals surface area contributed by atoms with Crippen molar-refractivity contribution < 1.29 is 4.39 Å². The van der Waals surface area contributed by atoms with Crippen LogP contribution in [0.1, 0.15) is 45.6 Å². The Labute approximate surface area is 80.8 Å². The van der Waals surface area contributed by atoms with Gasteiger partial charge in [0.25, 0.3) is 0 Å². The van der Waals surface area contributed by atoms with E-state index >= 15 is 0 Å². The fourth-order valence-electron chi connectivity index (χ4n) is 1.03. The van der Waals surface area contributed by atoms with E-state index in [1.807, 2.05) is 26.0 Å². The van der Waals surface area contributed by atoms with Gasteiger partial charge in [-0.05, 0) is 30.0 Å². The first-order valence-corrected chi connectivity index (χ1v) is 4.99. The van der Waals surface area contributed by atoms with Crippen molar-refractivity contribution in [3.05, 3.63) is 35.6 Å². The van der Waals surface area contributed by atoms with Crippen molar-refractivity contribution in [3.63, 3.8) is 0 Å². The second kappa shape index (κ2) is 6.64. The average Bonchev–Trinajstić information content (AvgIpc) is 2.21. The van der Waals surface area contributed by atoms with E-state index in [9.17, 15) is 4.39 Å². The summed E-state index contributed by atoms with van der Waals surface area (Å²) in [6.45, 7) is 8.28. The van der Waals surface area contributed by atoms with Crippen LogP contribution in [0.3, 0.4) is 0 Å². The van der Waals surface area contributed by atoms with E-state index in [0.717, 1.165) is 6.42 Å². The number of hydrogen-bond donors (Lipinski definition) is 0. The maximum absolute atomic E-state index is 12.5. The summed E-state index contributed by atoms with van der Waals surface area (Å²) < 4.78 is 12.5. The van der Waals surface area contributed by atoms with Crippen LogP contribution in [0.4, 0.5) is 4.39 Å². The first-order chi connectivity index (χ1) is 6.24. The number of benzene rings is 1. The standard InChI is InChI=1S/C10H13F.C2H6/c1-3-8(2)9-4-6-10(11)7-5-9;1-2/h4-8H,3H2,1-2H3;1-2H3. The van der Waals surface area contributed by atoms with Gasteiger partial charge in [0.1, 0.15) is 5.82 Å². The van der Waals surface area contributed by atoms with Crippen LogP contribution in [0.15, 0.2) is 24.3 Å². The molecule has 1 rings (SSSR count). The van der Waals surface area contributed by atoms with Crippen LogP contribution in [-0.4, -0.2) is 0 Å². The van der Waals surface area contributed by atoms with E-state index in [1.54, 1.807) is 0 Å². The SMILES string of the molecule is CC.CCC(C)c1ccc(F)cc1. The molecule has 0 fully saturated rings. The molecule has 1 aromatic rings. The van der Waals surface area contributed by atoms with Gasteiger partial charge in [0, 0.05) is 0 Å². The molecular weight excluding hydrogens is 163 g/mol. The maximum Gasteiger partial charge on any atom is 0.123 e. The minimum absolute atomic E-state index is 0.156. The van der Waals surface area contributed by atoms with E-state index in [1.165, 1.54) is 17.7 Å². The molecule has 0 amide bonds. The van der Waals surface area contributed by atoms with Gasteiger partial charge in [-0.15, -0.1) is 0 Å². The highest BCUT2D eigenvalue weighted by Crippen LogP contribution is 2.17. The molecule has 74 valence electrons. The summed E-state index contributed by atoms with van der Waals surface area (Å²) in [6.07, 6.45) is 1.10. The first-order valence-electron chi connectivity index (χ1n) is 4.99. The molecule has 0 aromatic heterocycles. The molecule has 0 saturated carbocycles. The molecule has 1 atom stereocenters. The Balaban J connectivity index is 0.000000671.